The van der Waals surface area contributed by atoms with Crippen LogP contribution in [0.2, 0.25) is 0 Å². The number of nitrogens with zero attached hydrogens (tertiary/aromatic N) is 2. The molecule has 6 nitrogen and oxygen atoms in total. The van der Waals surface area contributed by atoms with E-state index in [1.165, 1.54) is 5.56 Å². The molecule has 3 heterocycles. The highest BCUT2D eigenvalue weighted by Crippen LogP contribution is 2.23. The molecular formula is C23H29N3O3S. The van der Waals surface area contributed by atoms with Gasteiger partial charge in [0, 0.05) is 31.1 Å². The molecule has 4 rings (SSSR count). The van der Waals surface area contributed by atoms with Gasteiger partial charge in [-0.1, -0.05) is 36.4 Å². The predicted octanol–water partition coefficient (Wildman–Crippen LogP) is 2.47. The molecule has 2 unspecified atom stereocenters. The number of carbonyl (C=O) groups excluding carboxylic acids is 2. The van der Waals surface area contributed by atoms with Crippen LogP contribution in [0.25, 0.3) is 0 Å². The van der Waals surface area contributed by atoms with E-state index in [9.17, 15) is 9.59 Å². The summed E-state index contributed by atoms with van der Waals surface area (Å²) in [5.41, 5.74) is 1.19. The lowest BCUT2D eigenvalue weighted by molar-refractivity contribution is -0.138. The second-order valence-corrected chi connectivity index (χ2v) is 8.85. The van der Waals surface area contributed by atoms with E-state index in [-0.39, 0.29) is 23.9 Å². The van der Waals surface area contributed by atoms with E-state index in [0.29, 0.717) is 32.7 Å². The Morgan fingerprint density at radius 1 is 1.10 bits per heavy atom. The molecule has 2 saturated heterocycles. The Morgan fingerprint density at radius 2 is 1.90 bits per heavy atom. The number of benzene rings is 1. The highest BCUT2D eigenvalue weighted by atomic mass is 32.1. The third-order valence-electron chi connectivity index (χ3n) is 5.92. The van der Waals surface area contributed by atoms with Gasteiger partial charge in [0.1, 0.15) is 6.04 Å². The van der Waals surface area contributed by atoms with Gasteiger partial charge in [0.2, 0.25) is 11.8 Å². The Morgan fingerprint density at radius 3 is 2.63 bits per heavy atom. The molecule has 0 radical (unpaired) electrons. The van der Waals surface area contributed by atoms with Crippen LogP contribution in [0.4, 0.5) is 0 Å². The third kappa shape index (κ3) is 5.09. The standard InChI is InChI=1S/C23H29N3O3S/c27-22(16-19-8-5-15-30-19)26-10-4-9-20(26)23(28)24-17-21(18-6-2-1-3-7-18)25-11-13-29-14-12-25/h1-3,5-8,15,20-21H,4,9-14,16-17H2,(H,24,28). The summed E-state index contributed by atoms with van der Waals surface area (Å²) in [6.45, 7) is 4.32. The van der Waals surface area contributed by atoms with Crippen LogP contribution in [0.5, 0.6) is 0 Å². The molecule has 0 bridgehead atoms. The molecule has 0 spiro atoms. The molecule has 1 aromatic carbocycles. The quantitative estimate of drug-likeness (QED) is 0.738. The summed E-state index contributed by atoms with van der Waals surface area (Å²) < 4.78 is 5.50. The molecule has 0 saturated carbocycles. The van der Waals surface area contributed by atoms with E-state index in [4.69, 9.17) is 4.74 Å². The molecule has 2 atom stereocenters. The number of hydrogen-bond acceptors (Lipinski definition) is 5. The van der Waals surface area contributed by atoms with E-state index in [2.05, 4.69) is 22.3 Å². The van der Waals surface area contributed by atoms with Gasteiger partial charge in [-0.25, -0.2) is 0 Å². The first-order valence-electron chi connectivity index (χ1n) is 10.7. The van der Waals surface area contributed by atoms with Crippen molar-refractivity contribution >= 4 is 23.2 Å². The minimum absolute atomic E-state index is 0.0405. The van der Waals surface area contributed by atoms with Crippen LogP contribution in [-0.4, -0.2) is 67.0 Å². The van der Waals surface area contributed by atoms with Gasteiger partial charge in [0.05, 0.1) is 25.7 Å². The highest BCUT2D eigenvalue weighted by Gasteiger charge is 2.34. The first kappa shape index (κ1) is 21.0. The molecule has 1 aromatic heterocycles. The fourth-order valence-electron chi connectivity index (χ4n) is 4.34. The SMILES string of the molecule is O=C(NCC(c1ccccc1)N1CCOCC1)C1CCCN1C(=O)Cc1cccs1. The van der Waals surface area contributed by atoms with Crippen molar-refractivity contribution < 1.29 is 14.3 Å². The van der Waals surface area contributed by atoms with Gasteiger partial charge in [-0.05, 0) is 29.9 Å². The maximum Gasteiger partial charge on any atom is 0.242 e. The zero-order chi connectivity index (χ0) is 20.8. The lowest BCUT2D eigenvalue weighted by Crippen LogP contribution is -2.49. The van der Waals surface area contributed by atoms with Crippen molar-refractivity contribution in [1.29, 1.82) is 0 Å². The normalized spacial score (nSPS) is 20.8. The second kappa shape index (κ2) is 10.2. The molecule has 2 aromatic rings. The average Bonchev–Trinajstić information content (AvgIpc) is 3.47. The van der Waals surface area contributed by atoms with Crippen LogP contribution in [0.15, 0.2) is 47.8 Å². The minimum Gasteiger partial charge on any atom is -0.379 e. The molecular weight excluding hydrogens is 398 g/mol. The topological polar surface area (TPSA) is 61.9 Å². The van der Waals surface area contributed by atoms with Crippen molar-refractivity contribution in [2.24, 2.45) is 0 Å². The number of amides is 2. The van der Waals surface area contributed by atoms with E-state index < -0.39 is 0 Å². The lowest BCUT2D eigenvalue weighted by Gasteiger charge is -2.35. The molecule has 7 heteroatoms. The lowest BCUT2D eigenvalue weighted by atomic mass is 10.0. The monoisotopic (exact) mass is 427 g/mol. The first-order valence-corrected chi connectivity index (χ1v) is 11.6. The Balaban J connectivity index is 1.39. The maximum atomic E-state index is 13.0. The number of hydrogen-bond donors (Lipinski definition) is 1. The molecule has 0 aliphatic carbocycles. The summed E-state index contributed by atoms with van der Waals surface area (Å²) in [6, 6.07) is 14.0. The summed E-state index contributed by atoms with van der Waals surface area (Å²) in [7, 11) is 0. The highest BCUT2D eigenvalue weighted by molar-refractivity contribution is 7.10. The Kier molecular flexibility index (Phi) is 7.15. The second-order valence-electron chi connectivity index (χ2n) is 7.82. The summed E-state index contributed by atoms with van der Waals surface area (Å²) in [5, 5.41) is 5.13. The van der Waals surface area contributed by atoms with Gasteiger partial charge in [0.25, 0.3) is 0 Å². The van der Waals surface area contributed by atoms with Crippen molar-refractivity contribution in [1.82, 2.24) is 15.1 Å². The molecule has 2 amide bonds. The number of ether oxygens (including phenoxy) is 1. The van der Waals surface area contributed by atoms with E-state index in [1.54, 1.807) is 16.2 Å². The number of likely N-dealkylation sites (tertiary alicyclic amines) is 1. The number of thiophene rings is 1. The number of morpholine rings is 1. The van der Waals surface area contributed by atoms with Crippen LogP contribution in [0.1, 0.15) is 29.3 Å². The summed E-state index contributed by atoms with van der Waals surface area (Å²) in [4.78, 5) is 31.0. The minimum atomic E-state index is -0.362. The Bertz CT molecular complexity index is 821. The van der Waals surface area contributed by atoms with Crippen molar-refractivity contribution in [2.75, 3.05) is 39.4 Å². The Labute approximate surface area is 181 Å². The molecule has 2 aliphatic rings. The number of nitrogens with one attached hydrogen (secondary N) is 1. The van der Waals surface area contributed by atoms with Crippen LogP contribution >= 0.6 is 11.3 Å². The van der Waals surface area contributed by atoms with Crippen LogP contribution in [0, 0.1) is 0 Å². The van der Waals surface area contributed by atoms with Gasteiger partial charge >= 0.3 is 0 Å². The van der Waals surface area contributed by atoms with Crippen molar-refractivity contribution in [3.63, 3.8) is 0 Å². The molecule has 160 valence electrons. The largest absolute Gasteiger partial charge is 0.379 e. The molecule has 2 aliphatic heterocycles. The average molecular weight is 428 g/mol. The van der Waals surface area contributed by atoms with Crippen LogP contribution in [-0.2, 0) is 20.7 Å². The van der Waals surface area contributed by atoms with Crippen molar-refractivity contribution in [3.05, 3.63) is 58.3 Å². The fraction of sp³-hybridized carbons (Fsp3) is 0.478. The molecule has 1 N–H and O–H groups in total. The van der Waals surface area contributed by atoms with Gasteiger partial charge < -0.3 is 15.0 Å². The zero-order valence-electron chi connectivity index (χ0n) is 17.2. The van der Waals surface area contributed by atoms with Crippen molar-refractivity contribution in [2.45, 2.75) is 31.3 Å². The Hall–Kier alpha value is -2.22. The van der Waals surface area contributed by atoms with Crippen LogP contribution in [0.3, 0.4) is 0 Å². The summed E-state index contributed by atoms with van der Waals surface area (Å²) in [5.74, 6) is 0.00380. The molecule has 30 heavy (non-hydrogen) atoms. The first-order chi connectivity index (χ1) is 14.7. The van der Waals surface area contributed by atoms with Gasteiger partial charge in [-0.3, -0.25) is 14.5 Å². The van der Waals surface area contributed by atoms with Crippen LogP contribution < -0.4 is 5.32 Å². The predicted molar refractivity (Wildman–Crippen MR) is 117 cm³/mol. The van der Waals surface area contributed by atoms with Gasteiger partial charge in [-0.15, -0.1) is 11.3 Å². The van der Waals surface area contributed by atoms with E-state index >= 15 is 0 Å². The summed E-state index contributed by atoms with van der Waals surface area (Å²) in [6.07, 6.45) is 1.98. The summed E-state index contributed by atoms with van der Waals surface area (Å²) >= 11 is 1.58. The van der Waals surface area contributed by atoms with E-state index in [1.807, 2.05) is 35.7 Å². The van der Waals surface area contributed by atoms with Gasteiger partial charge in [0.15, 0.2) is 0 Å². The number of carbonyl (C=O) groups is 2. The third-order valence-corrected chi connectivity index (χ3v) is 6.80. The van der Waals surface area contributed by atoms with Gasteiger partial charge in [-0.2, -0.15) is 0 Å². The molecule has 2 fully saturated rings. The van der Waals surface area contributed by atoms with E-state index in [0.717, 1.165) is 30.8 Å². The fourth-order valence-corrected chi connectivity index (χ4v) is 5.03. The maximum absolute atomic E-state index is 13.0. The number of rotatable bonds is 7. The van der Waals surface area contributed by atoms with Crippen molar-refractivity contribution in [3.8, 4) is 0 Å². The smallest absolute Gasteiger partial charge is 0.242 e. The zero-order valence-corrected chi connectivity index (χ0v) is 18.0.